The molecular formula is C12H17ClFN3. The van der Waals surface area contributed by atoms with Crippen LogP contribution in [0, 0.1) is 17.7 Å². The topological polar surface area (TPSA) is 29.0 Å². The molecule has 0 N–H and O–H groups in total. The fourth-order valence-corrected chi connectivity index (χ4v) is 2.66. The second kappa shape index (κ2) is 4.77. The molecule has 0 aromatic carbocycles. The highest BCUT2D eigenvalue weighted by molar-refractivity contribution is 6.28. The first-order chi connectivity index (χ1) is 7.99. The van der Waals surface area contributed by atoms with E-state index in [1.54, 1.807) is 0 Å². The SMILES string of the molecule is CC1CC(C)C(C)N(c2nc(Cl)ncc2F)C1. The Balaban J connectivity index is 2.34. The summed E-state index contributed by atoms with van der Waals surface area (Å²) in [6, 6.07) is 0.270. The summed E-state index contributed by atoms with van der Waals surface area (Å²) in [6.07, 6.45) is 2.30. The Labute approximate surface area is 106 Å². The molecule has 0 bridgehead atoms. The first kappa shape index (κ1) is 12.6. The van der Waals surface area contributed by atoms with Crippen molar-refractivity contribution in [1.82, 2.24) is 9.97 Å². The fraction of sp³-hybridized carbons (Fsp3) is 0.667. The van der Waals surface area contributed by atoms with Gasteiger partial charge in [0, 0.05) is 12.6 Å². The van der Waals surface area contributed by atoms with Gasteiger partial charge < -0.3 is 4.90 Å². The smallest absolute Gasteiger partial charge is 0.224 e. The number of hydrogen-bond acceptors (Lipinski definition) is 3. The van der Waals surface area contributed by atoms with E-state index >= 15 is 0 Å². The molecule has 0 aliphatic carbocycles. The highest BCUT2D eigenvalue weighted by Gasteiger charge is 2.31. The van der Waals surface area contributed by atoms with Crippen LogP contribution in [-0.2, 0) is 0 Å². The number of anilines is 1. The van der Waals surface area contributed by atoms with Gasteiger partial charge in [-0.25, -0.2) is 9.37 Å². The van der Waals surface area contributed by atoms with Crippen LogP contribution in [0.2, 0.25) is 5.28 Å². The van der Waals surface area contributed by atoms with E-state index in [1.807, 2.05) is 4.90 Å². The van der Waals surface area contributed by atoms with Crippen LogP contribution in [0.1, 0.15) is 27.2 Å². The zero-order valence-corrected chi connectivity index (χ0v) is 11.1. The van der Waals surface area contributed by atoms with Crippen LogP contribution in [0.25, 0.3) is 0 Å². The van der Waals surface area contributed by atoms with Gasteiger partial charge in [-0.05, 0) is 36.8 Å². The van der Waals surface area contributed by atoms with Gasteiger partial charge in [-0.15, -0.1) is 0 Å². The Morgan fingerprint density at radius 2 is 2.12 bits per heavy atom. The lowest BCUT2D eigenvalue weighted by Crippen LogP contribution is -2.46. The molecule has 1 saturated heterocycles. The molecule has 0 amide bonds. The van der Waals surface area contributed by atoms with Crippen LogP contribution in [0.15, 0.2) is 6.20 Å². The van der Waals surface area contributed by atoms with E-state index in [-0.39, 0.29) is 11.3 Å². The number of hydrogen-bond donors (Lipinski definition) is 0. The van der Waals surface area contributed by atoms with Gasteiger partial charge in [0.1, 0.15) is 0 Å². The molecule has 0 saturated carbocycles. The monoisotopic (exact) mass is 257 g/mol. The first-order valence-electron chi connectivity index (χ1n) is 5.93. The minimum atomic E-state index is -0.400. The third kappa shape index (κ3) is 2.51. The zero-order valence-electron chi connectivity index (χ0n) is 10.3. The maximum Gasteiger partial charge on any atom is 0.224 e. The van der Waals surface area contributed by atoms with E-state index in [0.29, 0.717) is 17.7 Å². The highest BCUT2D eigenvalue weighted by Crippen LogP contribution is 2.31. The Morgan fingerprint density at radius 1 is 1.41 bits per heavy atom. The van der Waals surface area contributed by atoms with E-state index in [0.717, 1.165) is 19.2 Å². The maximum absolute atomic E-state index is 13.8. The average molecular weight is 258 g/mol. The van der Waals surface area contributed by atoms with Crippen LogP contribution < -0.4 is 4.90 Å². The minimum Gasteiger partial charge on any atom is -0.351 e. The molecule has 1 aromatic rings. The van der Waals surface area contributed by atoms with Crippen LogP contribution in [0.5, 0.6) is 0 Å². The second-order valence-corrected chi connectivity index (χ2v) is 5.36. The van der Waals surface area contributed by atoms with E-state index in [1.165, 1.54) is 0 Å². The van der Waals surface area contributed by atoms with Gasteiger partial charge in [0.05, 0.1) is 6.20 Å². The van der Waals surface area contributed by atoms with E-state index in [2.05, 4.69) is 30.7 Å². The Kier molecular flexibility index (Phi) is 3.52. The van der Waals surface area contributed by atoms with Crippen molar-refractivity contribution < 1.29 is 4.39 Å². The third-order valence-corrected chi connectivity index (χ3v) is 3.75. The minimum absolute atomic E-state index is 0.0967. The summed E-state index contributed by atoms with van der Waals surface area (Å²) < 4.78 is 13.8. The van der Waals surface area contributed by atoms with Gasteiger partial charge in [0.2, 0.25) is 5.28 Å². The van der Waals surface area contributed by atoms with E-state index < -0.39 is 5.82 Å². The molecule has 1 aliphatic rings. The van der Waals surface area contributed by atoms with Crippen molar-refractivity contribution in [2.75, 3.05) is 11.4 Å². The quantitative estimate of drug-likeness (QED) is 0.724. The van der Waals surface area contributed by atoms with E-state index in [4.69, 9.17) is 11.6 Å². The zero-order chi connectivity index (χ0) is 12.6. The summed E-state index contributed by atoms with van der Waals surface area (Å²) in [5, 5.41) is 0.0967. The molecule has 94 valence electrons. The molecule has 17 heavy (non-hydrogen) atoms. The number of piperidine rings is 1. The predicted molar refractivity (Wildman–Crippen MR) is 66.8 cm³/mol. The molecule has 2 heterocycles. The van der Waals surface area contributed by atoms with Crippen molar-refractivity contribution in [3.05, 3.63) is 17.3 Å². The maximum atomic E-state index is 13.8. The number of halogens is 2. The third-order valence-electron chi connectivity index (χ3n) is 3.57. The first-order valence-corrected chi connectivity index (χ1v) is 6.31. The van der Waals surface area contributed by atoms with Crippen LogP contribution in [-0.4, -0.2) is 22.6 Å². The predicted octanol–water partition coefficient (Wildman–Crippen LogP) is 3.14. The molecule has 1 fully saturated rings. The number of nitrogens with zero attached hydrogens (tertiary/aromatic N) is 3. The van der Waals surface area contributed by atoms with Crippen molar-refractivity contribution in [1.29, 1.82) is 0 Å². The standard InChI is InChI=1S/C12H17ClFN3/c1-7-4-8(2)9(3)17(6-7)11-10(14)5-15-12(13)16-11/h5,7-9H,4,6H2,1-3H3. The lowest BCUT2D eigenvalue weighted by atomic mass is 9.86. The van der Waals surface area contributed by atoms with Crippen molar-refractivity contribution in [2.45, 2.75) is 33.2 Å². The van der Waals surface area contributed by atoms with Gasteiger partial charge >= 0.3 is 0 Å². The van der Waals surface area contributed by atoms with Crippen LogP contribution >= 0.6 is 11.6 Å². The number of aromatic nitrogens is 2. The largest absolute Gasteiger partial charge is 0.351 e. The molecule has 0 spiro atoms. The van der Waals surface area contributed by atoms with Gasteiger partial charge in [-0.3, -0.25) is 0 Å². The average Bonchev–Trinajstić information content (AvgIpc) is 2.27. The normalized spacial score (nSPS) is 29.5. The van der Waals surface area contributed by atoms with E-state index in [9.17, 15) is 4.39 Å². The van der Waals surface area contributed by atoms with Gasteiger partial charge in [-0.1, -0.05) is 13.8 Å². The van der Waals surface area contributed by atoms with Gasteiger partial charge in [-0.2, -0.15) is 4.98 Å². The summed E-state index contributed by atoms with van der Waals surface area (Å²) >= 11 is 5.74. The van der Waals surface area contributed by atoms with Crippen molar-refractivity contribution in [3.63, 3.8) is 0 Å². The summed E-state index contributed by atoms with van der Waals surface area (Å²) in [6.45, 7) is 7.28. The van der Waals surface area contributed by atoms with Gasteiger partial charge in [0.15, 0.2) is 11.6 Å². The molecule has 0 radical (unpaired) electrons. The Morgan fingerprint density at radius 3 is 2.82 bits per heavy atom. The molecular weight excluding hydrogens is 241 g/mol. The van der Waals surface area contributed by atoms with Gasteiger partial charge in [0.25, 0.3) is 0 Å². The number of rotatable bonds is 1. The second-order valence-electron chi connectivity index (χ2n) is 5.02. The van der Waals surface area contributed by atoms with Crippen LogP contribution in [0.3, 0.4) is 0 Å². The summed E-state index contributed by atoms with van der Waals surface area (Å²) in [5.41, 5.74) is 0. The van der Waals surface area contributed by atoms with Crippen molar-refractivity contribution in [3.8, 4) is 0 Å². The Bertz CT molecular complexity index is 413. The van der Waals surface area contributed by atoms with Crippen LogP contribution in [0.4, 0.5) is 10.2 Å². The molecule has 1 aromatic heterocycles. The molecule has 3 atom stereocenters. The summed E-state index contributed by atoms with van der Waals surface area (Å²) in [7, 11) is 0. The lowest BCUT2D eigenvalue weighted by Gasteiger charge is -2.41. The molecule has 5 heteroatoms. The summed E-state index contributed by atoms with van der Waals surface area (Å²) in [5.74, 6) is 0.986. The highest BCUT2D eigenvalue weighted by atomic mass is 35.5. The fourth-order valence-electron chi connectivity index (χ4n) is 2.53. The van der Waals surface area contributed by atoms with Crippen molar-refractivity contribution >= 4 is 17.4 Å². The molecule has 2 rings (SSSR count). The summed E-state index contributed by atoms with van der Waals surface area (Å²) in [4.78, 5) is 9.67. The molecule has 3 unspecified atom stereocenters. The lowest BCUT2D eigenvalue weighted by molar-refractivity contribution is 0.293. The van der Waals surface area contributed by atoms with Crippen molar-refractivity contribution in [2.24, 2.45) is 11.8 Å². The molecule has 3 nitrogen and oxygen atoms in total. The Hall–Kier alpha value is -0.900. The molecule has 1 aliphatic heterocycles.